The summed E-state index contributed by atoms with van der Waals surface area (Å²) >= 11 is 0. The van der Waals surface area contributed by atoms with Gasteiger partial charge in [-0.3, -0.25) is 4.79 Å². The maximum atomic E-state index is 11.9. The van der Waals surface area contributed by atoms with Crippen LogP contribution in [0.4, 0.5) is 23.1 Å². The Morgan fingerprint density at radius 3 is 2.41 bits per heavy atom. The van der Waals surface area contributed by atoms with Crippen LogP contribution >= 0.6 is 0 Å². The van der Waals surface area contributed by atoms with E-state index in [9.17, 15) is 9.59 Å². The van der Waals surface area contributed by atoms with E-state index in [1.165, 1.54) is 14.0 Å². The van der Waals surface area contributed by atoms with Gasteiger partial charge in [-0.15, -0.1) is 0 Å². The van der Waals surface area contributed by atoms with Crippen LogP contribution in [-0.4, -0.2) is 28.8 Å². The molecule has 3 aromatic rings. The highest BCUT2D eigenvalue weighted by atomic mass is 16.5. The number of benzene rings is 2. The molecule has 0 aliphatic rings. The van der Waals surface area contributed by atoms with Gasteiger partial charge >= 0.3 is 5.97 Å². The lowest BCUT2D eigenvalue weighted by atomic mass is 10.1. The minimum atomic E-state index is -0.434. The van der Waals surface area contributed by atoms with Crippen LogP contribution in [-0.2, 0) is 4.74 Å². The first kappa shape index (κ1) is 18.1. The Balaban J connectivity index is 1.78. The van der Waals surface area contributed by atoms with Gasteiger partial charge in [-0.1, -0.05) is 12.1 Å². The molecule has 0 aliphatic carbocycles. The summed E-state index contributed by atoms with van der Waals surface area (Å²) in [4.78, 5) is 31.8. The molecular formula is C20H18N4O3. The zero-order chi connectivity index (χ0) is 19.2. The second kappa shape index (κ2) is 8.09. The number of Topliss-reactive ketones (excluding diaryl/α,β-unsaturated/α-hetero) is 1. The van der Waals surface area contributed by atoms with Gasteiger partial charge in [-0.05, 0) is 49.4 Å². The van der Waals surface area contributed by atoms with Gasteiger partial charge in [0.05, 0.1) is 18.4 Å². The van der Waals surface area contributed by atoms with Gasteiger partial charge in [0.15, 0.2) is 5.78 Å². The number of anilines is 4. The number of methoxy groups -OCH3 is 1. The number of esters is 1. The van der Waals surface area contributed by atoms with Crippen LogP contribution in [0.25, 0.3) is 0 Å². The summed E-state index contributed by atoms with van der Waals surface area (Å²) < 4.78 is 4.80. The second-order valence-electron chi connectivity index (χ2n) is 5.69. The SMILES string of the molecule is COC(=O)c1ccccc1Nc1ccnc(Nc2ccc(C(C)=O)cc2)n1. The highest BCUT2D eigenvalue weighted by Gasteiger charge is 2.11. The van der Waals surface area contributed by atoms with Crippen LogP contribution in [0.3, 0.4) is 0 Å². The molecular weight excluding hydrogens is 344 g/mol. The monoisotopic (exact) mass is 362 g/mol. The van der Waals surface area contributed by atoms with Gasteiger partial charge < -0.3 is 15.4 Å². The van der Waals surface area contributed by atoms with E-state index in [0.717, 1.165) is 5.69 Å². The van der Waals surface area contributed by atoms with E-state index in [1.807, 2.05) is 6.07 Å². The van der Waals surface area contributed by atoms with Crippen LogP contribution in [0.1, 0.15) is 27.6 Å². The second-order valence-corrected chi connectivity index (χ2v) is 5.69. The molecule has 0 bridgehead atoms. The number of aromatic nitrogens is 2. The van der Waals surface area contributed by atoms with Crippen molar-refractivity contribution in [1.29, 1.82) is 0 Å². The molecule has 0 amide bonds. The summed E-state index contributed by atoms with van der Waals surface area (Å²) in [6.45, 7) is 1.52. The summed E-state index contributed by atoms with van der Waals surface area (Å²) in [7, 11) is 1.34. The van der Waals surface area contributed by atoms with Crippen molar-refractivity contribution in [2.75, 3.05) is 17.7 Å². The van der Waals surface area contributed by atoms with Crippen LogP contribution in [0.2, 0.25) is 0 Å². The maximum Gasteiger partial charge on any atom is 0.339 e. The molecule has 0 aliphatic heterocycles. The molecule has 1 heterocycles. The van der Waals surface area contributed by atoms with Crippen molar-refractivity contribution in [3.8, 4) is 0 Å². The molecule has 0 radical (unpaired) electrons. The Morgan fingerprint density at radius 1 is 0.963 bits per heavy atom. The lowest BCUT2D eigenvalue weighted by molar-refractivity contribution is 0.0601. The van der Waals surface area contributed by atoms with Crippen molar-refractivity contribution in [1.82, 2.24) is 9.97 Å². The van der Waals surface area contributed by atoms with Crippen molar-refractivity contribution < 1.29 is 14.3 Å². The predicted molar refractivity (Wildman–Crippen MR) is 103 cm³/mol. The summed E-state index contributed by atoms with van der Waals surface area (Å²) in [6, 6.07) is 15.7. The summed E-state index contributed by atoms with van der Waals surface area (Å²) in [5, 5.41) is 6.18. The van der Waals surface area contributed by atoms with Crippen LogP contribution in [0.15, 0.2) is 60.8 Å². The molecule has 0 saturated carbocycles. The molecule has 7 heteroatoms. The van der Waals surface area contributed by atoms with Gasteiger partial charge in [0.1, 0.15) is 5.82 Å². The van der Waals surface area contributed by atoms with E-state index in [-0.39, 0.29) is 5.78 Å². The summed E-state index contributed by atoms with van der Waals surface area (Å²) in [5.74, 6) is 0.472. The van der Waals surface area contributed by atoms with Gasteiger partial charge in [-0.2, -0.15) is 4.98 Å². The molecule has 136 valence electrons. The number of hydrogen-bond donors (Lipinski definition) is 2. The van der Waals surface area contributed by atoms with Crippen molar-refractivity contribution in [3.05, 3.63) is 71.9 Å². The van der Waals surface area contributed by atoms with E-state index in [1.54, 1.807) is 54.7 Å². The fraction of sp³-hybridized carbons (Fsp3) is 0.100. The molecule has 27 heavy (non-hydrogen) atoms. The normalized spacial score (nSPS) is 10.1. The van der Waals surface area contributed by atoms with Crippen molar-refractivity contribution in [2.24, 2.45) is 0 Å². The minimum absolute atomic E-state index is 0.00766. The van der Waals surface area contributed by atoms with Crippen molar-refractivity contribution in [3.63, 3.8) is 0 Å². The lowest BCUT2D eigenvalue weighted by Crippen LogP contribution is -2.06. The average molecular weight is 362 g/mol. The number of nitrogens with zero attached hydrogens (tertiary/aromatic N) is 2. The number of hydrogen-bond acceptors (Lipinski definition) is 7. The largest absolute Gasteiger partial charge is 0.465 e. The highest BCUT2D eigenvalue weighted by Crippen LogP contribution is 2.21. The number of para-hydroxylation sites is 1. The smallest absolute Gasteiger partial charge is 0.339 e. The quantitative estimate of drug-likeness (QED) is 0.506. The van der Waals surface area contributed by atoms with E-state index < -0.39 is 5.97 Å². The molecule has 0 atom stereocenters. The zero-order valence-corrected chi connectivity index (χ0v) is 14.9. The maximum absolute atomic E-state index is 11.9. The first-order valence-electron chi connectivity index (χ1n) is 8.22. The minimum Gasteiger partial charge on any atom is -0.465 e. The Hall–Kier alpha value is -3.74. The third-order valence-corrected chi connectivity index (χ3v) is 3.80. The third kappa shape index (κ3) is 4.46. The van der Waals surface area contributed by atoms with Gasteiger partial charge in [0.25, 0.3) is 0 Å². The molecule has 0 unspecified atom stereocenters. The highest BCUT2D eigenvalue weighted by molar-refractivity contribution is 5.96. The molecule has 2 N–H and O–H groups in total. The Bertz CT molecular complexity index is 971. The van der Waals surface area contributed by atoms with Gasteiger partial charge in [0.2, 0.25) is 5.95 Å². The number of carbonyl (C=O) groups is 2. The van der Waals surface area contributed by atoms with E-state index in [2.05, 4.69) is 20.6 Å². The van der Waals surface area contributed by atoms with Crippen LogP contribution in [0, 0.1) is 0 Å². The number of carbonyl (C=O) groups excluding carboxylic acids is 2. The topological polar surface area (TPSA) is 93.2 Å². The first-order chi connectivity index (χ1) is 13.1. The third-order valence-electron chi connectivity index (χ3n) is 3.80. The number of nitrogens with one attached hydrogen (secondary N) is 2. The van der Waals surface area contributed by atoms with Crippen LogP contribution < -0.4 is 10.6 Å². The molecule has 0 saturated heterocycles. The van der Waals surface area contributed by atoms with Gasteiger partial charge in [0, 0.05) is 17.4 Å². The molecule has 0 spiro atoms. The first-order valence-corrected chi connectivity index (χ1v) is 8.22. The lowest BCUT2D eigenvalue weighted by Gasteiger charge is -2.11. The Labute approximate surface area is 156 Å². The Morgan fingerprint density at radius 2 is 1.70 bits per heavy atom. The van der Waals surface area contributed by atoms with E-state index >= 15 is 0 Å². The van der Waals surface area contributed by atoms with Crippen molar-refractivity contribution >= 4 is 34.9 Å². The standard InChI is InChI=1S/C20H18N4O3/c1-13(25)14-7-9-15(10-8-14)22-20-21-12-11-18(24-20)23-17-6-4-3-5-16(17)19(26)27-2/h3-12H,1-2H3,(H2,21,22,23,24). The molecule has 0 fully saturated rings. The number of ketones is 1. The van der Waals surface area contributed by atoms with E-state index in [0.29, 0.717) is 28.6 Å². The van der Waals surface area contributed by atoms with Crippen LogP contribution in [0.5, 0.6) is 0 Å². The van der Waals surface area contributed by atoms with Crippen molar-refractivity contribution in [2.45, 2.75) is 6.92 Å². The molecule has 1 aromatic heterocycles. The number of ether oxygens (including phenoxy) is 1. The molecule has 2 aromatic carbocycles. The fourth-order valence-electron chi connectivity index (χ4n) is 2.42. The Kier molecular flexibility index (Phi) is 5.41. The zero-order valence-electron chi connectivity index (χ0n) is 14.9. The predicted octanol–water partition coefficient (Wildman–Crippen LogP) is 3.95. The van der Waals surface area contributed by atoms with E-state index in [4.69, 9.17) is 4.74 Å². The molecule has 3 rings (SSSR count). The average Bonchev–Trinajstić information content (AvgIpc) is 2.68. The number of rotatable bonds is 6. The molecule has 7 nitrogen and oxygen atoms in total. The fourth-order valence-corrected chi connectivity index (χ4v) is 2.42. The summed E-state index contributed by atoms with van der Waals surface area (Å²) in [6.07, 6.45) is 1.60. The summed E-state index contributed by atoms with van der Waals surface area (Å²) in [5.41, 5.74) is 2.39. The van der Waals surface area contributed by atoms with Gasteiger partial charge in [-0.25, -0.2) is 9.78 Å².